The van der Waals surface area contributed by atoms with Crippen LogP contribution >= 0.6 is 0 Å². The van der Waals surface area contributed by atoms with Crippen molar-refractivity contribution < 1.29 is 32.5 Å². The minimum Gasteiger partial charge on any atom is -0.489 e. The highest BCUT2D eigenvalue weighted by molar-refractivity contribution is 5.88. The van der Waals surface area contributed by atoms with Crippen LogP contribution in [-0.4, -0.2) is 43.0 Å². The van der Waals surface area contributed by atoms with E-state index in [0.717, 1.165) is 17.8 Å². The van der Waals surface area contributed by atoms with E-state index in [1.165, 1.54) is 12.1 Å². The van der Waals surface area contributed by atoms with Crippen molar-refractivity contribution >= 4 is 11.7 Å². The average Bonchev–Trinajstić information content (AvgIpc) is 3.08. The third kappa shape index (κ3) is 5.20. The first-order valence-electron chi connectivity index (χ1n) is 9.29. The van der Waals surface area contributed by atoms with Crippen LogP contribution in [-0.2, 0) is 10.9 Å². The molecule has 2 aromatic carbocycles. The van der Waals surface area contributed by atoms with Gasteiger partial charge in [0.15, 0.2) is 0 Å². The molecule has 0 spiro atoms. The van der Waals surface area contributed by atoms with E-state index < -0.39 is 17.7 Å². The Labute approximate surface area is 166 Å². The molecule has 0 amide bonds. The van der Waals surface area contributed by atoms with Gasteiger partial charge in [-0.2, -0.15) is 13.2 Å². The van der Waals surface area contributed by atoms with Gasteiger partial charge in [0.25, 0.3) is 0 Å². The number of carboxylic acid groups (broad SMARTS) is 1. The van der Waals surface area contributed by atoms with Crippen LogP contribution in [0.2, 0.25) is 0 Å². The number of rotatable bonds is 7. The van der Waals surface area contributed by atoms with Crippen molar-refractivity contribution in [2.45, 2.75) is 31.7 Å². The molecule has 0 radical (unpaired) electrons. The summed E-state index contributed by atoms with van der Waals surface area (Å²) in [6, 6.07) is 11.2. The molecule has 0 aliphatic carbocycles. The molecule has 156 valence electrons. The summed E-state index contributed by atoms with van der Waals surface area (Å²) in [4.78, 5) is 13.1. The van der Waals surface area contributed by atoms with E-state index in [4.69, 9.17) is 14.6 Å². The number of ether oxygens (including phenoxy) is 2. The van der Waals surface area contributed by atoms with E-state index in [-0.39, 0.29) is 17.7 Å². The molecule has 2 aromatic rings. The Hall–Kier alpha value is -2.74. The minimum absolute atomic E-state index is 0.0186. The van der Waals surface area contributed by atoms with Gasteiger partial charge >= 0.3 is 12.1 Å². The molecule has 5 nitrogen and oxygen atoms in total. The number of benzene rings is 2. The fourth-order valence-corrected chi connectivity index (χ4v) is 3.40. The van der Waals surface area contributed by atoms with Gasteiger partial charge in [-0.3, -0.25) is 0 Å². The molecule has 1 fully saturated rings. The molecule has 0 bridgehead atoms. The highest BCUT2D eigenvalue weighted by atomic mass is 19.4. The molecule has 8 heteroatoms. The van der Waals surface area contributed by atoms with Crippen molar-refractivity contribution in [1.29, 1.82) is 0 Å². The van der Waals surface area contributed by atoms with Crippen LogP contribution < -0.4 is 9.64 Å². The normalized spacial score (nSPS) is 19.4. The lowest BCUT2D eigenvalue weighted by atomic mass is 10.1. The zero-order valence-electron chi connectivity index (χ0n) is 15.9. The van der Waals surface area contributed by atoms with Gasteiger partial charge in [-0.05, 0) is 55.5 Å². The number of hydrogen-bond acceptors (Lipinski definition) is 4. The maximum absolute atomic E-state index is 12.7. The number of hydrogen-bond donors (Lipinski definition) is 1. The van der Waals surface area contributed by atoms with E-state index >= 15 is 0 Å². The van der Waals surface area contributed by atoms with Crippen LogP contribution in [0.15, 0.2) is 48.5 Å². The fourth-order valence-electron chi connectivity index (χ4n) is 3.40. The first-order valence-corrected chi connectivity index (χ1v) is 9.29. The van der Waals surface area contributed by atoms with Crippen LogP contribution in [0.4, 0.5) is 18.9 Å². The highest BCUT2D eigenvalue weighted by Gasteiger charge is 2.34. The van der Waals surface area contributed by atoms with Crippen LogP contribution in [0, 0.1) is 0 Å². The molecule has 0 aromatic heterocycles. The maximum Gasteiger partial charge on any atom is 0.416 e. The lowest BCUT2D eigenvalue weighted by Gasteiger charge is -2.26. The summed E-state index contributed by atoms with van der Waals surface area (Å²) in [6.07, 6.45) is -3.97. The topological polar surface area (TPSA) is 59.0 Å². The second kappa shape index (κ2) is 8.73. The molecule has 2 atom stereocenters. The SMILES string of the molecule is CCOC[C@@H]1C[C@@H](Oc2ccc(C(F)(F)F)cc2)CN1c1ccc(C(=O)O)cc1. The van der Waals surface area contributed by atoms with E-state index in [2.05, 4.69) is 4.90 Å². The summed E-state index contributed by atoms with van der Waals surface area (Å²) < 4.78 is 49.6. The number of nitrogens with zero attached hydrogens (tertiary/aromatic N) is 1. The maximum atomic E-state index is 12.7. The lowest BCUT2D eigenvalue weighted by Crippen LogP contribution is -2.33. The zero-order chi connectivity index (χ0) is 21.0. The third-order valence-electron chi connectivity index (χ3n) is 4.82. The molecule has 1 heterocycles. The largest absolute Gasteiger partial charge is 0.489 e. The number of anilines is 1. The summed E-state index contributed by atoms with van der Waals surface area (Å²) in [7, 11) is 0. The van der Waals surface area contributed by atoms with Gasteiger partial charge in [0.05, 0.1) is 30.3 Å². The van der Waals surface area contributed by atoms with Gasteiger partial charge in [0.1, 0.15) is 11.9 Å². The minimum atomic E-state index is -4.38. The Kier molecular flexibility index (Phi) is 6.32. The number of alkyl halides is 3. The van der Waals surface area contributed by atoms with E-state index in [1.807, 2.05) is 6.92 Å². The predicted molar refractivity (Wildman–Crippen MR) is 102 cm³/mol. The van der Waals surface area contributed by atoms with E-state index in [0.29, 0.717) is 31.9 Å². The molecule has 1 saturated heterocycles. The number of carbonyl (C=O) groups is 1. The first-order chi connectivity index (χ1) is 13.8. The number of aromatic carboxylic acids is 1. The summed E-state index contributed by atoms with van der Waals surface area (Å²) in [6.45, 7) is 3.46. The van der Waals surface area contributed by atoms with Gasteiger partial charge < -0.3 is 19.5 Å². The Morgan fingerprint density at radius 1 is 1.14 bits per heavy atom. The standard InChI is InChI=1S/C21H22F3NO4/c1-2-28-13-17-11-19(29-18-9-5-15(6-10-18)21(22,23)24)12-25(17)16-7-3-14(4-8-16)20(26)27/h3-10,17,19H,2,11-13H2,1H3,(H,26,27)/t17-,19+/m0/s1. The van der Waals surface area contributed by atoms with Crippen molar-refractivity contribution in [1.82, 2.24) is 0 Å². The second-order valence-electron chi connectivity index (χ2n) is 6.82. The molecule has 1 N–H and O–H groups in total. The molecule has 0 unspecified atom stereocenters. The molecular weight excluding hydrogens is 387 g/mol. The van der Waals surface area contributed by atoms with Gasteiger partial charge in [-0.25, -0.2) is 4.79 Å². The molecule has 0 saturated carbocycles. The number of carboxylic acids is 1. The molecule has 1 aliphatic rings. The first kappa shape index (κ1) is 21.0. The summed E-state index contributed by atoms with van der Waals surface area (Å²) in [5, 5.41) is 9.06. The van der Waals surface area contributed by atoms with E-state index in [9.17, 15) is 18.0 Å². The summed E-state index contributed by atoms with van der Waals surface area (Å²) >= 11 is 0. The second-order valence-corrected chi connectivity index (χ2v) is 6.82. The van der Waals surface area contributed by atoms with Gasteiger partial charge in [0.2, 0.25) is 0 Å². The van der Waals surface area contributed by atoms with Crippen molar-refractivity contribution in [3.05, 3.63) is 59.7 Å². The third-order valence-corrected chi connectivity index (χ3v) is 4.82. The van der Waals surface area contributed by atoms with Crippen LogP contribution in [0.25, 0.3) is 0 Å². The number of halogens is 3. The Balaban J connectivity index is 1.72. The lowest BCUT2D eigenvalue weighted by molar-refractivity contribution is -0.137. The molecule has 3 rings (SSSR count). The molecular formula is C21H22F3NO4. The summed E-state index contributed by atoms with van der Waals surface area (Å²) in [5.74, 6) is -0.617. The predicted octanol–water partition coefficient (Wildman–Crippen LogP) is 4.47. The van der Waals surface area contributed by atoms with Gasteiger partial charge in [-0.15, -0.1) is 0 Å². The monoisotopic (exact) mass is 409 g/mol. The highest BCUT2D eigenvalue weighted by Crippen LogP contribution is 2.32. The summed E-state index contributed by atoms with van der Waals surface area (Å²) in [5.41, 5.74) is 0.329. The molecule has 1 aliphatic heterocycles. The molecule has 29 heavy (non-hydrogen) atoms. The van der Waals surface area contributed by atoms with Gasteiger partial charge in [0, 0.05) is 18.7 Å². The van der Waals surface area contributed by atoms with Crippen molar-refractivity contribution in [2.24, 2.45) is 0 Å². The Bertz CT molecular complexity index is 821. The van der Waals surface area contributed by atoms with Crippen molar-refractivity contribution in [2.75, 3.05) is 24.7 Å². The van der Waals surface area contributed by atoms with Crippen LogP contribution in [0.5, 0.6) is 5.75 Å². The van der Waals surface area contributed by atoms with Crippen LogP contribution in [0.3, 0.4) is 0 Å². The van der Waals surface area contributed by atoms with E-state index in [1.54, 1.807) is 24.3 Å². The van der Waals surface area contributed by atoms with Gasteiger partial charge in [-0.1, -0.05) is 0 Å². The smallest absolute Gasteiger partial charge is 0.416 e. The Morgan fingerprint density at radius 3 is 2.34 bits per heavy atom. The van der Waals surface area contributed by atoms with Crippen LogP contribution in [0.1, 0.15) is 29.3 Å². The fraction of sp³-hybridized carbons (Fsp3) is 0.381. The van der Waals surface area contributed by atoms with Crippen molar-refractivity contribution in [3.63, 3.8) is 0 Å². The average molecular weight is 409 g/mol. The zero-order valence-corrected chi connectivity index (χ0v) is 15.9. The Morgan fingerprint density at radius 2 is 1.79 bits per heavy atom. The quantitative estimate of drug-likeness (QED) is 0.731. The van der Waals surface area contributed by atoms with Crippen molar-refractivity contribution in [3.8, 4) is 5.75 Å².